The van der Waals surface area contributed by atoms with Crippen LogP contribution in [0.3, 0.4) is 0 Å². The predicted octanol–water partition coefficient (Wildman–Crippen LogP) is 4.13. The van der Waals surface area contributed by atoms with Crippen molar-refractivity contribution >= 4 is 17.2 Å². The van der Waals surface area contributed by atoms with E-state index in [-0.39, 0.29) is 16.5 Å². The summed E-state index contributed by atoms with van der Waals surface area (Å²) in [7, 11) is 0. The van der Waals surface area contributed by atoms with Gasteiger partial charge in [-0.15, -0.1) is 0 Å². The molecule has 0 aliphatic heterocycles. The molecule has 0 aliphatic rings. The molecule has 0 radical (unpaired) electrons. The lowest BCUT2D eigenvalue weighted by Gasteiger charge is -2.15. The monoisotopic (exact) mass is 297 g/mol. The summed E-state index contributed by atoms with van der Waals surface area (Å²) >= 11 is 4.85. The Labute approximate surface area is 119 Å². The lowest BCUT2D eigenvalue weighted by molar-refractivity contribution is -0.138. The molecule has 0 unspecified atom stereocenters. The van der Waals surface area contributed by atoms with Gasteiger partial charge in [-0.3, -0.25) is 0 Å². The zero-order chi connectivity index (χ0) is 14.8. The highest BCUT2D eigenvalue weighted by molar-refractivity contribution is 7.80. The second kappa shape index (κ2) is 5.50. The fourth-order valence-electron chi connectivity index (χ4n) is 1.67. The van der Waals surface area contributed by atoms with Crippen molar-refractivity contribution in [1.29, 1.82) is 0 Å². The van der Waals surface area contributed by atoms with E-state index in [2.05, 4.69) is 0 Å². The average molecular weight is 297 g/mol. The van der Waals surface area contributed by atoms with Crippen molar-refractivity contribution < 1.29 is 17.9 Å². The first-order valence-corrected chi connectivity index (χ1v) is 6.03. The highest BCUT2D eigenvalue weighted by atomic mass is 32.1. The van der Waals surface area contributed by atoms with E-state index >= 15 is 0 Å². The van der Waals surface area contributed by atoms with Gasteiger partial charge in [-0.2, -0.15) is 13.2 Å². The van der Waals surface area contributed by atoms with Gasteiger partial charge >= 0.3 is 6.18 Å². The summed E-state index contributed by atoms with van der Waals surface area (Å²) in [5, 5.41) is 0. The molecule has 2 aromatic rings. The fourth-order valence-corrected chi connectivity index (χ4v) is 1.84. The molecule has 104 valence electrons. The quantitative estimate of drug-likeness (QED) is 0.865. The van der Waals surface area contributed by atoms with E-state index < -0.39 is 11.7 Å². The molecule has 20 heavy (non-hydrogen) atoms. The summed E-state index contributed by atoms with van der Waals surface area (Å²) in [6.45, 7) is 0. The van der Waals surface area contributed by atoms with Gasteiger partial charge in [-0.1, -0.05) is 36.5 Å². The van der Waals surface area contributed by atoms with Crippen LogP contribution >= 0.6 is 12.2 Å². The van der Waals surface area contributed by atoms with Gasteiger partial charge in [0.1, 0.15) is 16.5 Å². The highest BCUT2D eigenvalue weighted by Crippen LogP contribution is 2.38. The SMILES string of the molecule is NC(=S)c1ccccc1Oc1ccccc1C(F)(F)F. The number of rotatable bonds is 3. The zero-order valence-corrected chi connectivity index (χ0v) is 11.0. The third-order valence-electron chi connectivity index (χ3n) is 2.56. The van der Waals surface area contributed by atoms with E-state index in [4.69, 9.17) is 22.7 Å². The van der Waals surface area contributed by atoms with Gasteiger partial charge in [0.25, 0.3) is 0 Å². The van der Waals surface area contributed by atoms with Crippen LogP contribution in [0.5, 0.6) is 11.5 Å². The molecule has 0 saturated heterocycles. The molecule has 0 amide bonds. The average Bonchev–Trinajstić information content (AvgIpc) is 2.38. The van der Waals surface area contributed by atoms with E-state index in [1.807, 2.05) is 0 Å². The largest absolute Gasteiger partial charge is 0.456 e. The molecule has 2 aromatic carbocycles. The first-order chi connectivity index (χ1) is 9.39. The second-order valence-corrected chi connectivity index (χ2v) is 4.40. The molecule has 0 aliphatic carbocycles. The Morgan fingerprint density at radius 2 is 1.50 bits per heavy atom. The van der Waals surface area contributed by atoms with E-state index in [9.17, 15) is 13.2 Å². The summed E-state index contributed by atoms with van der Waals surface area (Å²) in [6.07, 6.45) is -4.49. The standard InChI is InChI=1S/C14H10F3NOS/c15-14(16,17)10-6-2-4-8-12(10)19-11-7-3-1-5-9(11)13(18)20/h1-8H,(H2,18,20). The molecule has 0 spiro atoms. The molecule has 2 rings (SSSR count). The minimum atomic E-state index is -4.49. The Morgan fingerprint density at radius 1 is 0.950 bits per heavy atom. The number of thiocarbonyl (C=S) groups is 1. The van der Waals surface area contributed by atoms with Crippen LogP contribution in [0.15, 0.2) is 48.5 Å². The molecule has 0 fully saturated rings. The van der Waals surface area contributed by atoms with Crippen LogP contribution in [0, 0.1) is 0 Å². The van der Waals surface area contributed by atoms with Crippen molar-refractivity contribution in [3.63, 3.8) is 0 Å². The maximum absolute atomic E-state index is 12.9. The molecular weight excluding hydrogens is 287 g/mol. The first kappa shape index (κ1) is 14.3. The molecule has 0 saturated carbocycles. The lowest BCUT2D eigenvalue weighted by atomic mass is 10.1. The number of hydrogen-bond donors (Lipinski definition) is 1. The second-order valence-electron chi connectivity index (χ2n) is 3.96. The van der Waals surface area contributed by atoms with Crippen molar-refractivity contribution in [2.24, 2.45) is 5.73 Å². The highest BCUT2D eigenvalue weighted by Gasteiger charge is 2.34. The van der Waals surface area contributed by atoms with Crippen molar-refractivity contribution in [3.05, 3.63) is 59.7 Å². The smallest absolute Gasteiger partial charge is 0.419 e. The molecule has 2 N–H and O–H groups in total. The van der Waals surface area contributed by atoms with Crippen molar-refractivity contribution in [1.82, 2.24) is 0 Å². The summed E-state index contributed by atoms with van der Waals surface area (Å²) in [6, 6.07) is 11.4. The lowest BCUT2D eigenvalue weighted by Crippen LogP contribution is -2.11. The van der Waals surface area contributed by atoms with Gasteiger partial charge in [-0.25, -0.2) is 0 Å². The van der Waals surface area contributed by atoms with Crippen molar-refractivity contribution in [2.45, 2.75) is 6.18 Å². The maximum atomic E-state index is 12.9. The summed E-state index contributed by atoms with van der Waals surface area (Å²) in [5.41, 5.74) is 5.06. The van der Waals surface area contributed by atoms with Crippen LogP contribution in [0.25, 0.3) is 0 Å². The molecule has 0 atom stereocenters. The van der Waals surface area contributed by atoms with Gasteiger partial charge in [-0.05, 0) is 24.3 Å². The summed E-state index contributed by atoms with van der Waals surface area (Å²) in [4.78, 5) is 0.0603. The third-order valence-corrected chi connectivity index (χ3v) is 2.78. The number of hydrogen-bond acceptors (Lipinski definition) is 2. The van der Waals surface area contributed by atoms with Crippen molar-refractivity contribution in [2.75, 3.05) is 0 Å². The Balaban J connectivity index is 2.44. The van der Waals surface area contributed by atoms with E-state index in [1.165, 1.54) is 24.3 Å². The number of alkyl halides is 3. The molecule has 0 aromatic heterocycles. The molecular formula is C14H10F3NOS. The maximum Gasteiger partial charge on any atom is 0.419 e. The number of nitrogens with two attached hydrogens (primary N) is 1. The number of benzene rings is 2. The predicted molar refractivity (Wildman–Crippen MR) is 73.8 cm³/mol. The fraction of sp³-hybridized carbons (Fsp3) is 0.0714. The van der Waals surface area contributed by atoms with Crippen molar-refractivity contribution in [3.8, 4) is 11.5 Å². The van der Waals surface area contributed by atoms with Crippen LogP contribution in [0.4, 0.5) is 13.2 Å². The van der Waals surface area contributed by atoms with Gasteiger partial charge in [0, 0.05) is 0 Å². The third kappa shape index (κ3) is 3.08. The Morgan fingerprint density at radius 3 is 2.10 bits per heavy atom. The molecule has 0 bridgehead atoms. The normalized spacial score (nSPS) is 11.2. The molecule has 6 heteroatoms. The van der Waals surface area contributed by atoms with E-state index in [0.29, 0.717) is 5.56 Å². The van der Waals surface area contributed by atoms with Crippen LogP contribution < -0.4 is 10.5 Å². The van der Waals surface area contributed by atoms with Gasteiger partial charge in [0.2, 0.25) is 0 Å². The van der Waals surface area contributed by atoms with Crippen LogP contribution in [0.2, 0.25) is 0 Å². The number of halogens is 3. The zero-order valence-electron chi connectivity index (χ0n) is 10.1. The number of ether oxygens (including phenoxy) is 1. The molecule has 0 heterocycles. The Bertz CT molecular complexity index is 640. The van der Waals surface area contributed by atoms with Gasteiger partial charge in [0.15, 0.2) is 0 Å². The first-order valence-electron chi connectivity index (χ1n) is 5.62. The van der Waals surface area contributed by atoms with Crippen LogP contribution in [-0.2, 0) is 6.18 Å². The number of para-hydroxylation sites is 2. The summed E-state index contributed by atoms with van der Waals surface area (Å²) in [5.74, 6) is -0.0969. The minimum Gasteiger partial charge on any atom is -0.456 e. The van der Waals surface area contributed by atoms with Crippen LogP contribution in [-0.4, -0.2) is 4.99 Å². The van der Waals surface area contributed by atoms with Gasteiger partial charge in [0.05, 0.1) is 11.1 Å². The Kier molecular flexibility index (Phi) is 3.94. The van der Waals surface area contributed by atoms with E-state index in [0.717, 1.165) is 6.07 Å². The molecule has 2 nitrogen and oxygen atoms in total. The van der Waals surface area contributed by atoms with Crippen LogP contribution in [0.1, 0.15) is 11.1 Å². The Hall–Kier alpha value is -2.08. The van der Waals surface area contributed by atoms with Gasteiger partial charge < -0.3 is 10.5 Å². The van der Waals surface area contributed by atoms with E-state index in [1.54, 1.807) is 18.2 Å². The summed E-state index contributed by atoms with van der Waals surface area (Å²) < 4.78 is 44.0. The minimum absolute atomic E-state index is 0.0603. The topological polar surface area (TPSA) is 35.2 Å².